The Morgan fingerprint density at radius 1 is 1.12 bits per heavy atom. The van der Waals surface area contributed by atoms with E-state index < -0.39 is 40.8 Å². The van der Waals surface area contributed by atoms with Crippen molar-refractivity contribution in [3.8, 4) is 0 Å². The number of aromatic carboxylic acids is 1. The first-order chi connectivity index (χ1) is 14.8. The molecular weight excluding hydrogens is 423 g/mol. The van der Waals surface area contributed by atoms with Crippen molar-refractivity contribution < 1.29 is 27.9 Å². The normalized spacial score (nSPS) is 13.2. The van der Waals surface area contributed by atoms with Crippen LogP contribution in [0.1, 0.15) is 65.7 Å². The van der Waals surface area contributed by atoms with Gasteiger partial charge in [-0.3, -0.25) is 4.79 Å². The van der Waals surface area contributed by atoms with Crippen LogP contribution in [-0.2, 0) is 12.7 Å². The summed E-state index contributed by atoms with van der Waals surface area (Å²) in [7, 11) is 0. The second-order valence-electron chi connectivity index (χ2n) is 8.87. The van der Waals surface area contributed by atoms with Crippen LogP contribution in [-0.4, -0.2) is 26.5 Å². The van der Waals surface area contributed by atoms with E-state index in [1.165, 1.54) is 47.2 Å². The number of hydrogen-bond acceptors (Lipinski definition) is 3. The fraction of sp³-hybridized carbons (Fsp3) is 0.348. The topological polar surface area (TPSA) is 84.2 Å². The highest BCUT2D eigenvalue weighted by Crippen LogP contribution is 2.40. The van der Waals surface area contributed by atoms with Crippen LogP contribution in [0.5, 0.6) is 0 Å². The van der Waals surface area contributed by atoms with Crippen molar-refractivity contribution in [1.29, 1.82) is 0 Å². The number of amides is 1. The molecular formula is C23H24F3N3O3. The first-order valence-electron chi connectivity index (χ1n) is 9.98. The molecule has 3 aromatic rings. The van der Waals surface area contributed by atoms with Gasteiger partial charge in [0.1, 0.15) is 11.3 Å². The van der Waals surface area contributed by atoms with Gasteiger partial charge in [-0.05, 0) is 42.2 Å². The molecule has 0 bridgehead atoms. The molecule has 1 aromatic carbocycles. The highest BCUT2D eigenvalue weighted by atomic mass is 19.4. The van der Waals surface area contributed by atoms with Gasteiger partial charge in [-0.1, -0.05) is 32.9 Å². The molecule has 0 fully saturated rings. The molecule has 1 amide bonds. The first-order valence-corrected chi connectivity index (χ1v) is 9.98. The number of carbonyl (C=O) groups excluding carboxylic acids is 1. The van der Waals surface area contributed by atoms with E-state index in [9.17, 15) is 22.8 Å². The third kappa shape index (κ3) is 4.76. The lowest BCUT2D eigenvalue weighted by Gasteiger charge is -2.23. The summed E-state index contributed by atoms with van der Waals surface area (Å²) in [5.74, 6) is -1.98. The van der Waals surface area contributed by atoms with E-state index in [4.69, 9.17) is 5.11 Å². The van der Waals surface area contributed by atoms with Gasteiger partial charge in [0, 0.05) is 18.1 Å². The number of halogens is 3. The van der Waals surface area contributed by atoms with Gasteiger partial charge >= 0.3 is 12.1 Å². The monoisotopic (exact) mass is 447 g/mol. The second-order valence-corrected chi connectivity index (χ2v) is 8.87. The van der Waals surface area contributed by atoms with Crippen molar-refractivity contribution in [3.05, 3.63) is 65.0 Å². The molecule has 170 valence electrons. The Balaban J connectivity index is 2.08. The quantitative estimate of drug-likeness (QED) is 0.557. The summed E-state index contributed by atoms with van der Waals surface area (Å²) in [5.41, 5.74) is -1.19. The molecule has 0 spiro atoms. The number of pyridine rings is 1. The number of carboxylic acids is 1. The number of carbonyl (C=O) groups is 2. The van der Waals surface area contributed by atoms with E-state index in [2.05, 4.69) is 10.3 Å². The number of benzene rings is 1. The Labute approximate surface area is 183 Å². The minimum Gasteiger partial charge on any atom is -0.478 e. The number of carboxylic acid groups (broad SMARTS) is 1. The van der Waals surface area contributed by atoms with Gasteiger partial charge in [0.15, 0.2) is 0 Å². The van der Waals surface area contributed by atoms with E-state index in [1.807, 2.05) is 20.8 Å². The number of fused-ring (bicyclic) bond motifs is 1. The fourth-order valence-electron chi connectivity index (χ4n) is 3.59. The average Bonchev–Trinajstić information content (AvgIpc) is 3.01. The van der Waals surface area contributed by atoms with E-state index in [0.717, 1.165) is 0 Å². The molecule has 0 saturated carbocycles. The van der Waals surface area contributed by atoms with Crippen LogP contribution in [0.4, 0.5) is 13.2 Å². The van der Waals surface area contributed by atoms with Gasteiger partial charge in [0.05, 0.1) is 17.2 Å². The summed E-state index contributed by atoms with van der Waals surface area (Å²) in [5, 5.41) is 11.5. The van der Waals surface area contributed by atoms with E-state index >= 15 is 0 Å². The Kier molecular flexibility index (Phi) is 6.04. The summed E-state index contributed by atoms with van der Waals surface area (Å²) in [6.45, 7) is 7.37. The summed E-state index contributed by atoms with van der Waals surface area (Å²) in [6.07, 6.45) is -3.36. The van der Waals surface area contributed by atoms with Crippen molar-refractivity contribution in [1.82, 2.24) is 14.9 Å². The maximum absolute atomic E-state index is 14.1. The molecule has 3 rings (SSSR count). The van der Waals surface area contributed by atoms with Crippen molar-refractivity contribution in [2.24, 2.45) is 5.41 Å². The standard InChI is InChI=1S/C23H24F3N3O3/c1-13(14-7-9-15(10-8-14)21(31)32)28-20(30)18-17(23(24,25)26)16-6-5-11-27-19(16)29(18)12-22(2,3)4/h5-11,13H,12H2,1-4H3,(H,28,30)(H,31,32)/t13-/m0/s1. The largest absolute Gasteiger partial charge is 0.478 e. The van der Waals surface area contributed by atoms with Gasteiger partial charge in [0.2, 0.25) is 0 Å². The van der Waals surface area contributed by atoms with Crippen LogP contribution < -0.4 is 5.32 Å². The maximum atomic E-state index is 14.1. The number of hydrogen-bond donors (Lipinski definition) is 2. The summed E-state index contributed by atoms with van der Waals surface area (Å²) in [4.78, 5) is 28.4. The van der Waals surface area contributed by atoms with Crippen LogP contribution in [0.25, 0.3) is 11.0 Å². The lowest BCUT2D eigenvalue weighted by atomic mass is 9.96. The van der Waals surface area contributed by atoms with E-state index in [-0.39, 0.29) is 23.1 Å². The Morgan fingerprint density at radius 2 is 1.75 bits per heavy atom. The summed E-state index contributed by atoms with van der Waals surface area (Å²) >= 11 is 0. The zero-order valence-corrected chi connectivity index (χ0v) is 18.1. The molecule has 0 radical (unpaired) electrons. The number of aromatic nitrogens is 2. The smallest absolute Gasteiger partial charge is 0.419 e. The zero-order valence-electron chi connectivity index (χ0n) is 18.1. The van der Waals surface area contributed by atoms with Gasteiger partial charge in [0.25, 0.3) is 5.91 Å². The molecule has 2 aromatic heterocycles. The van der Waals surface area contributed by atoms with Crippen molar-refractivity contribution in [3.63, 3.8) is 0 Å². The third-order valence-corrected chi connectivity index (χ3v) is 4.95. The van der Waals surface area contributed by atoms with Crippen LogP contribution in [0.3, 0.4) is 0 Å². The van der Waals surface area contributed by atoms with Crippen LogP contribution in [0.2, 0.25) is 0 Å². The molecule has 9 heteroatoms. The van der Waals surface area contributed by atoms with Crippen LogP contribution in [0.15, 0.2) is 42.6 Å². The van der Waals surface area contributed by atoms with Crippen molar-refractivity contribution in [2.45, 2.75) is 46.5 Å². The van der Waals surface area contributed by atoms with Gasteiger partial charge in [-0.15, -0.1) is 0 Å². The van der Waals surface area contributed by atoms with Crippen molar-refractivity contribution >= 4 is 22.9 Å². The number of nitrogens with zero attached hydrogens (tertiary/aromatic N) is 2. The predicted octanol–water partition coefficient (Wildman–Crippen LogP) is 5.29. The van der Waals surface area contributed by atoms with Gasteiger partial charge < -0.3 is 15.0 Å². The Hall–Kier alpha value is -3.36. The summed E-state index contributed by atoms with van der Waals surface area (Å²) in [6, 6.07) is 7.86. The minimum atomic E-state index is -4.76. The SMILES string of the molecule is C[C@H](NC(=O)c1c(C(F)(F)F)c2cccnc2n1CC(C)(C)C)c1ccc(C(=O)O)cc1. The highest BCUT2D eigenvalue weighted by molar-refractivity contribution is 6.01. The molecule has 2 heterocycles. The zero-order chi connectivity index (χ0) is 23.8. The van der Waals surface area contributed by atoms with Crippen molar-refractivity contribution in [2.75, 3.05) is 0 Å². The fourth-order valence-corrected chi connectivity index (χ4v) is 3.59. The number of alkyl halides is 3. The average molecular weight is 447 g/mol. The number of nitrogens with one attached hydrogen (secondary N) is 1. The molecule has 0 aliphatic rings. The second kappa shape index (κ2) is 8.29. The maximum Gasteiger partial charge on any atom is 0.419 e. The Morgan fingerprint density at radius 3 is 2.28 bits per heavy atom. The van der Waals surface area contributed by atoms with Gasteiger partial charge in [-0.25, -0.2) is 9.78 Å². The molecule has 1 atom stereocenters. The molecule has 0 unspecified atom stereocenters. The summed E-state index contributed by atoms with van der Waals surface area (Å²) < 4.78 is 43.6. The molecule has 2 N–H and O–H groups in total. The predicted molar refractivity (Wildman–Crippen MR) is 113 cm³/mol. The molecule has 6 nitrogen and oxygen atoms in total. The van der Waals surface area contributed by atoms with E-state index in [0.29, 0.717) is 5.56 Å². The molecule has 0 aliphatic carbocycles. The van der Waals surface area contributed by atoms with E-state index in [1.54, 1.807) is 6.92 Å². The molecule has 0 aliphatic heterocycles. The Bertz CT molecular complexity index is 1160. The van der Waals surface area contributed by atoms with Crippen LogP contribution >= 0.6 is 0 Å². The highest BCUT2D eigenvalue weighted by Gasteiger charge is 2.41. The first kappa shape index (κ1) is 23.3. The lowest BCUT2D eigenvalue weighted by molar-refractivity contribution is -0.136. The molecule has 32 heavy (non-hydrogen) atoms. The van der Waals surface area contributed by atoms with Crippen LogP contribution in [0, 0.1) is 5.41 Å². The van der Waals surface area contributed by atoms with Gasteiger partial charge in [-0.2, -0.15) is 13.2 Å². The minimum absolute atomic E-state index is 0.0722. The number of rotatable bonds is 5. The third-order valence-electron chi connectivity index (χ3n) is 4.95. The molecule has 0 saturated heterocycles. The lowest BCUT2D eigenvalue weighted by Crippen LogP contribution is -2.32.